The number of nitrogens with zero attached hydrogens (tertiary/aromatic N) is 3. The lowest BCUT2D eigenvalue weighted by molar-refractivity contribution is -0.137. The Labute approximate surface area is 187 Å². The van der Waals surface area contributed by atoms with Gasteiger partial charge in [-0.05, 0) is 54.6 Å². The van der Waals surface area contributed by atoms with Gasteiger partial charge in [0.2, 0.25) is 5.91 Å². The minimum Gasteiger partial charge on any atom is -0.495 e. The molecule has 1 fully saturated rings. The number of anilines is 2. The molecule has 1 amide bonds. The van der Waals surface area contributed by atoms with E-state index in [4.69, 9.17) is 4.74 Å². The van der Waals surface area contributed by atoms with E-state index in [0.29, 0.717) is 25.9 Å². The van der Waals surface area contributed by atoms with E-state index in [1.165, 1.54) is 13.2 Å². The molecule has 6 nitrogen and oxygen atoms in total. The van der Waals surface area contributed by atoms with Crippen LogP contribution in [0.4, 0.5) is 24.7 Å². The summed E-state index contributed by atoms with van der Waals surface area (Å²) in [5.74, 6) is 0.291. The number of aromatic nitrogens is 2. The molecule has 1 saturated heterocycles. The molecule has 168 valence electrons. The topological polar surface area (TPSA) is 67.3 Å². The summed E-state index contributed by atoms with van der Waals surface area (Å²) in [6.45, 7) is 1.20. The Morgan fingerprint density at radius 3 is 2.53 bits per heavy atom. The lowest BCUT2D eigenvalue weighted by atomic mass is 9.95. The predicted molar refractivity (Wildman–Crippen MR) is 117 cm³/mol. The number of halogens is 3. The molecular weight excluding hydrogens is 441 g/mol. The maximum Gasteiger partial charge on any atom is 0.416 e. The van der Waals surface area contributed by atoms with Crippen molar-refractivity contribution in [2.75, 3.05) is 30.4 Å². The molecule has 32 heavy (non-hydrogen) atoms. The molecule has 0 spiro atoms. The average molecular weight is 462 g/mol. The van der Waals surface area contributed by atoms with Crippen LogP contribution < -0.4 is 15.0 Å². The van der Waals surface area contributed by atoms with Gasteiger partial charge in [-0.1, -0.05) is 6.07 Å². The van der Waals surface area contributed by atoms with Gasteiger partial charge in [-0.3, -0.25) is 4.79 Å². The zero-order valence-electron chi connectivity index (χ0n) is 17.2. The van der Waals surface area contributed by atoms with Gasteiger partial charge in [-0.2, -0.15) is 13.2 Å². The number of carbonyl (C=O) groups is 1. The van der Waals surface area contributed by atoms with E-state index in [2.05, 4.69) is 20.4 Å². The van der Waals surface area contributed by atoms with Crippen LogP contribution in [0.1, 0.15) is 18.4 Å². The number of hydrogen-bond acceptors (Lipinski definition) is 6. The molecule has 0 radical (unpaired) electrons. The summed E-state index contributed by atoms with van der Waals surface area (Å²) in [5.41, 5.74) is -0.00850. The highest BCUT2D eigenvalue weighted by atomic mass is 32.1. The molecule has 0 bridgehead atoms. The first-order valence-electron chi connectivity index (χ1n) is 10.0. The highest BCUT2D eigenvalue weighted by molar-refractivity contribution is 7.13. The van der Waals surface area contributed by atoms with Gasteiger partial charge < -0.3 is 15.0 Å². The van der Waals surface area contributed by atoms with Crippen LogP contribution >= 0.6 is 11.3 Å². The van der Waals surface area contributed by atoms with Crippen LogP contribution in [0.3, 0.4) is 0 Å². The second-order valence-corrected chi connectivity index (χ2v) is 8.37. The maximum absolute atomic E-state index is 13.0. The van der Waals surface area contributed by atoms with Crippen LogP contribution in [0.5, 0.6) is 5.75 Å². The van der Waals surface area contributed by atoms with E-state index in [-0.39, 0.29) is 23.3 Å². The zero-order chi connectivity index (χ0) is 22.7. The molecule has 0 aliphatic carbocycles. The quantitative estimate of drug-likeness (QED) is 0.572. The lowest BCUT2D eigenvalue weighted by Gasteiger charge is -2.32. The fraction of sp³-hybridized carbons (Fsp3) is 0.318. The van der Waals surface area contributed by atoms with Crippen molar-refractivity contribution in [1.82, 2.24) is 10.2 Å². The third-order valence-electron chi connectivity index (χ3n) is 5.40. The molecule has 1 aromatic carbocycles. The molecule has 0 saturated carbocycles. The first kappa shape index (κ1) is 22.1. The van der Waals surface area contributed by atoms with Gasteiger partial charge in [0.15, 0.2) is 5.82 Å². The number of thiophene rings is 1. The number of benzene rings is 1. The first-order valence-corrected chi connectivity index (χ1v) is 10.9. The van der Waals surface area contributed by atoms with Gasteiger partial charge in [-0.15, -0.1) is 21.5 Å². The molecule has 1 aliphatic rings. The summed E-state index contributed by atoms with van der Waals surface area (Å²) < 4.78 is 44.2. The Kier molecular flexibility index (Phi) is 6.31. The number of alkyl halides is 3. The van der Waals surface area contributed by atoms with E-state index in [1.54, 1.807) is 11.3 Å². The Bertz CT molecular complexity index is 1060. The monoisotopic (exact) mass is 462 g/mol. The summed E-state index contributed by atoms with van der Waals surface area (Å²) in [6, 6.07) is 10.8. The third-order valence-corrected chi connectivity index (χ3v) is 6.29. The Morgan fingerprint density at radius 1 is 1.16 bits per heavy atom. The highest BCUT2D eigenvalue weighted by Gasteiger charge is 2.32. The summed E-state index contributed by atoms with van der Waals surface area (Å²) in [4.78, 5) is 15.8. The van der Waals surface area contributed by atoms with Crippen molar-refractivity contribution in [2.45, 2.75) is 19.0 Å². The normalized spacial score (nSPS) is 14.9. The van der Waals surface area contributed by atoms with Crippen molar-refractivity contribution < 1.29 is 22.7 Å². The molecule has 4 rings (SSSR count). The van der Waals surface area contributed by atoms with Crippen LogP contribution in [0.2, 0.25) is 0 Å². The summed E-state index contributed by atoms with van der Waals surface area (Å²) in [7, 11) is 1.35. The Hall–Kier alpha value is -3.14. The van der Waals surface area contributed by atoms with Crippen molar-refractivity contribution in [3.8, 4) is 16.3 Å². The Balaban J connectivity index is 1.38. The van der Waals surface area contributed by atoms with Crippen LogP contribution in [0.25, 0.3) is 10.6 Å². The van der Waals surface area contributed by atoms with Crippen molar-refractivity contribution >= 4 is 28.7 Å². The average Bonchev–Trinajstić information content (AvgIpc) is 3.34. The molecule has 0 atom stereocenters. The number of ether oxygens (including phenoxy) is 1. The SMILES string of the molecule is COc1ccc(C(F)(F)F)cc1NC(=O)C1CCN(c2ccc(-c3cccs3)nn2)CC1. The highest BCUT2D eigenvalue weighted by Crippen LogP contribution is 2.35. The van der Waals surface area contributed by atoms with Gasteiger partial charge in [0, 0.05) is 19.0 Å². The van der Waals surface area contributed by atoms with Gasteiger partial charge in [-0.25, -0.2) is 0 Å². The first-order chi connectivity index (χ1) is 15.3. The number of amides is 1. The fourth-order valence-electron chi connectivity index (χ4n) is 3.64. The molecule has 0 unspecified atom stereocenters. The number of piperidine rings is 1. The van der Waals surface area contributed by atoms with Gasteiger partial charge >= 0.3 is 6.18 Å². The number of nitrogens with one attached hydrogen (secondary N) is 1. The third kappa shape index (κ3) is 4.85. The number of carbonyl (C=O) groups excluding carboxylic acids is 1. The van der Waals surface area contributed by atoms with Crippen LogP contribution in [-0.4, -0.2) is 36.3 Å². The molecule has 2 aromatic heterocycles. The largest absolute Gasteiger partial charge is 0.495 e. The van der Waals surface area contributed by atoms with E-state index >= 15 is 0 Å². The van der Waals surface area contributed by atoms with E-state index in [1.807, 2.05) is 29.6 Å². The fourth-order valence-corrected chi connectivity index (χ4v) is 4.33. The second-order valence-electron chi connectivity index (χ2n) is 7.42. The van der Waals surface area contributed by atoms with Crippen LogP contribution in [0, 0.1) is 5.92 Å². The van der Waals surface area contributed by atoms with E-state index in [0.717, 1.165) is 28.5 Å². The van der Waals surface area contributed by atoms with Crippen molar-refractivity contribution in [3.05, 3.63) is 53.4 Å². The molecule has 3 heterocycles. The number of rotatable bonds is 5. The minimum atomic E-state index is -4.50. The van der Waals surface area contributed by atoms with Gasteiger partial charge in [0.25, 0.3) is 0 Å². The van der Waals surface area contributed by atoms with Crippen molar-refractivity contribution in [1.29, 1.82) is 0 Å². The van der Waals surface area contributed by atoms with Gasteiger partial charge in [0.1, 0.15) is 11.4 Å². The number of methoxy groups -OCH3 is 1. The predicted octanol–water partition coefficient (Wildman–Crippen LogP) is 5.09. The van der Waals surface area contributed by atoms with Gasteiger partial charge in [0.05, 0.1) is 23.2 Å². The Morgan fingerprint density at radius 2 is 1.94 bits per heavy atom. The lowest BCUT2D eigenvalue weighted by Crippen LogP contribution is -2.38. The van der Waals surface area contributed by atoms with Crippen LogP contribution in [-0.2, 0) is 11.0 Å². The summed E-state index contributed by atoms with van der Waals surface area (Å²) in [5, 5.41) is 13.2. The molecular formula is C22H21F3N4O2S. The molecule has 10 heteroatoms. The standard InChI is InChI=1S/C22H21F3N4O2S/c1-31-18-6-4-15(22(23,24)25)13-17(18)26-21(30)14-8-10-29(11-9-14)20-7-5-16(27-28-20)19-3-2-12-32-19/h2-7,12-14H,8-11H2,1H3,(H,26,30). The zero-order valence-corrected chi connectivity index (χ0v) is 18.0. The molecule has 1 aliphatic heterocycles. The van der Waals surface area contributed by atoms with Crippen molar-refractivity contribution in [2.24, 2.45) is 5.92 Å². The second kappa shape index (κ2) is 9.15. The maximum atomic E-state index is 13.0. The molecule has 3 aromatic rings. The summed E-state index contributed by atoms with van der Waals surface area (Å²) >= 11 is 1.59. The smallest absolute Gasteiger partial charge is 0.416 e. The minimum absolute atomic E-state index is 0.0183. The van der Waals surface area contributed by atoms with E-state index < -0.39 is 11.7 Å². The summed E-state index contributed by atoms with van der Waals surface area (Å²) in [6.07, 6.45) is -3.39. The van der Waals surface area contributed by atoms with Crippen LogP contribution in [0.15, 0.2) is 47.8 Å². The van der Waals surface area contributed by atoms with E-state index in [9.17, 15) is 18.0 Å². The van der Waals surface area contributed by atoms with Crippen molar-refractivity contribution in [3.63, 3.8) is 0 Å². The molecule has 1 N–H and O–H groups in total. The number of hydrogen-bond donors (Lipinski definition) is 1.